The van der Waals surface area contributed by atoms with Gasteiger partial charge in [-0.05, 0) is 51.2 Å². The highest BCUT2D eigenvalue weighted by atomic mass is 16.5. The van der Waals surface area contributed by atoms with Crippen LogP contribution >= 0.6 is 0 Å². The van der Waals surface area contributed by atoms with Crippen molar-refractivity contribution in [2.45, 2.75) is 45.1 Å². The number of nitrogens with one attached hydrogen (secondary N) is 1. The molecule has 5 nitrogen and oxygen atoms in total. The zero-order valence-corrected chi connectivity index (χ0v) is 14.1. The van der Waals surface area contributed by atoms with Crippen LogP contribution < -0.4 is 20.5 Å². The van der Waals surface area contributed by atoms with Gasteiger partial charge in [-0.1, -0.05) is 12.1 Å². The summed E-state index contributed by atoms with van der Waals surface area (Å²) in [5.41, 5.74) is 5.57. The Hall–Kier alpha value is -1.75. The van der Waals surface area contributed by atoms with Crippen molar-refractivity contribution >= 4 is 5.91 Å². The van der Waals surface area contributed by atoms with E-state index in [4.69, 9.17) is 15.2 Å². The first kappa shape index (κ1) is 17.6. The molecule has 0 aromatic heterocycles. The van der Waals surface area contributed by atoms with Gasteiger partial charge < -0.3 is 20.5 Å². The predicted molar refractivity (Wildman–Crippen MR) is 90.7 cm³/mol. The fourth-order valence-corrected chi connectivity index (χ4v) is 2.68. The smallest absolute Gasteiger partial charge is 0.220 e. The Labute approximate surface area is 138 Å². The molecule has 1 aliphatic rings. The highest BCUT2D eigenvalue weighted by Gasteiger charge is 2.41. The molecule has 1 amide bonds. The van der Waals surface area contributed by atoms with E-state index >= 15 is 0 Å². The van der Waals surface area contributed by atoms with Crippen LogP contribution in [0, 0.1) is 5.92 Å². The van der Waals surface area contributed by atoms with E-state index in [1.54, 1.807) is 0 Å². The summed E-state index contributed by atoms with van der Waals surface area (Å²) in [5.74, 6) is 2.04. The van der Waals surface area contributed by atoms with E-state index in [-0.39, 0.29) is 11.4 Å². The monoisotopic (exact) mass is 320 g/mol. The second-order valence-corrected chi connectivity index (χ2v) is 6.28. The molecule has 0 saturated heterocycles. The molecule has 1 fully saturated rings. The first-order valence-electron chi connectivity index (χ1n) is 8.44. The molecule has 1 unspecified atom stereocenters. The lowest BCUT2D eigenvalue weighted by atomic mass is 9.95. The number of rotatable bonds is 10. The van der Waals surface area contributed by atoms with Gasteiger partial charge in [-0.2, -0.15) is 0 Å². The Bertz CT molecular complexity index is 517. The molecule has 128 valence electrons. The summed E-state index contributed by atoms with van der Waals surface area (Å²) in [7, 11) is 0. The summed E-state index contributed by atoms with van der Waals surface area (Å²) < 4.78 is 11.2. The fourth-order valence-electron chi connectivity index (χ4n) is 2.68. The molecule has 23 heavy (non-hydrogen) atoms. The van der Waals surface area contributed by atoms with Crippen molar-refractivity contribution in [2.75, 3.05) is 19.8 Å². The highest BCUT2D eigenvalue weighted by molar-refractivity contribution is 5.76. The highest BCUT2D eigenvalue weighted by Crippen LogP contribution is 2.39. The number of carbonyl (C=O) groups is 1. The van der Waals surface area contributed by atoms with Crippen molar-refractivity contribution in [1.29, 1.82) is 0 Å². The van der Waals surface area contributed by atoms with E-state index < -0.39 is 0 Å². The lowest BCUT2D eigenvalue weighted by Gasteiger charge is -2.29. The van der Waals surface area contributed by atoms with Crippen LogP contribution in [0.4, 0.5) is 0 Å². The van der Waals surface area contributed by atoms with Gasteiger partial charge in [-0.3, -0.25) is 4.79 Å². The Morgan fingerprint density at radius 1 is 1.30 bits per heavy atom. The van der Waals surface area contributed by atoms with Gasteiger partial charge in [0.15, 0.2) is 11.5 Å². The van der Waals surface area contributed by atoms with Crippen molar-refractivity contribution < 1.29 is 14.3 Å². The third-order valence-corrected chi connectivity index (χ3v) is 4.28. The summed E-state index contributed by atoms with van der Waals surface area (Å²) in [6.45, 7) is 5.55. The van der Waals surface area contributed by atoms with Crippen LogP contribution in [0.5, 0.6) is 11.5 Å². The molecule has 0 aliphatic heterocycles. The van der Waals surface area contributed by atoms with E-state index in [9.17, 15) is 4.79 Å². The Morgan fingerprint density at radius 3 is 2.52 bits per heavy atom. The van der Waals surface area contributed by atoms with Crippen LogP contribution in [0.2, 0.25) is 0 Å². The molecule has 3 N–H and O–H groups in total. The van der Waals surface area contributed by atoms with Gasteiger partial charge in [-0.25, -0.2) is 0 Å². The van der Waals surface area contributed by atoms with E-state index in [0.717, 1.165) is 24.3 Å². The Morgan fingerprint density at radius 2 is 1.96 bits per heavy atom. The number of benzene rings is 1. The van der Waals surface area contributed by atoms with Gasteiger partial charge in [0.1, 0.15) is 0 Å². The third-order valence-electron chi connectivity index (χ3n) is 4.28. The largest absolute Gasteiger partial charge is 0.490 e. The number of hydrogen-bond donors (Lipinski definition) is 2. The number of amides is 1. The third kappa shape index (κ3) is 5.13. The van der Waals surface area contributed by atoms with Gasteiger partial charge in [0.05, 0.1) is 18.8 Å². The molecule has 1 atom stereocenters. The predicted octanol–water partition coefficient (Wildman–Crippen LogP) is 2.49. The van der Waals surface area contributed by atoms with Crippen molar-refractivity contribution in [3.05, 3.63) is 24.3 Å². The number of para-hydroxylation sites is 2. The minimum Gasteiger partial charge on any atom is -0.490 e. The van der Waals surface area contributed by atoms with Crippen molar-refractivity contribution in [1.82, 2.24) is 5.32 Å². The molecule has 0 spiro atoms. The molecule has 1 aromatic rings. The number of ether oxygens (including phenoxy) is 2. The lowest BCUT2D eigenvalue weighted by molar-refractivity contribution is -0.123. The second-order valence-electron chi connectivity index (χ2n) is 6.28. The summed E-state index contributed by atoms with van der Waals surface area (Å²) >= 11 is 0. The molecule has 0 bridgehead atoms. The molecule has 1 aromatic carbocycles. The topological polar surface area (TPSA) is 73.6 Å². The van der Waals surface area contributed by atoms with Crippen LogP contribution in [-0.4, -0.2) is 31.2 Å². The van der Waals surface area contributed by atoms with Gasteiger partial charge in [0.2, 0.25) is 5.91 Å². The van der Waals surface area contributed by atoms with Crippen molar-refractivity contribution in [3.63, 3.8) is 0 Å². The minimum atomic E-state index is -0.250. The molecule has 2 rings (SSSR count). The molecular formula is C18H28N2O3. The molecular weight excluding hydrogens is 292 g/mol. The van der Waals surface area contributed by atoms with Gasteiger partial charge in [0, 0.05) is 13.0 Å². The molecule has 0 heterocycles. The number of hydrogen-bond acceptors (Lipinski definition) is 4. The Kier molecular flexibility index (Phi) is 6.28. The van der Waals surface area contributed by atoms with Gasteiger partial charge in [-0.15, -0.1) is 0 Å². The van der Waals surface area contributed by atoms with Crippen LogP contribution in [0.3, 0.4) is 0 Å². The summed E-state index contributed by atoms with van der Waals surface area (Å²) in [4.78, 5) is 12.1. The quantitative estimate of drug-likeness (QED) is 0.650. The van der Waals surface area contributed by atoms with Crippen molar-refractivity contribution in [2.24, 2.45) is 11.7 Å². The van der Waals surface area contributed by atoms with Crippen LogP contribution in [0.25, 0.3) is 0 Å². The lowest BCUT2D eigenvalue weighted by Crippen LogP contribution is -2.53. The standard InChI is InChI=1S/C18H28N2O3/c1-3-22-15-7-4-5-8-16(15)23-12-6-9-17(21)20-18(2,13-19)14-10-11-14/h4-5,7-8,14H,3,6,9-13,19H2,1-2H3,(H,20,21). The van der Waals surface area contributed by atoms with Crippen LogP contribution in [0.15, 0.2) is 24.3 Å². The van der Waals surface area contributed by atoms with Gasteiger partial charge in [0.25, 0.3) is 0 Å². The maximum Gasteiger partial charge on any atom is 0.220 e. The van der Waals surface area contributed by atoms with Gasteiger partial charge >= 0.3 is 0 Å². The molecule has 0 radical (unpaired) electrons. The Balaban J connectivity index is 1.72. The van der Waals surface area contributed by atoms with Crippen LogP contribution in [-0.2, 0) is 4.79 Å². The minimum absolute atomic E-state index is 0.0477. The first-order valence-corrected chi connectivity index (χ1v) is 8.44. The van der Waals surface area contributed by atoms with Crippen molar-refractivity contribution in [3.8, 4) is 11.5 Å². The molecule has 1 aliphatic carbocycles. The zero-order valence-electron chi connectivity index (χ0n) is 14.1. The summed E-state index contributed by atoms with van der Waals surface area (Å²) in [5, 5.41) is 3.09. The van der Waals surface area contributed by atoms with E-state index in [2.05, 4.69) is 5.32 Å². The SMILES string of the molecule is CCOc1ccccc1OCCCC(=O)NC(C)(CN)C1CC1. The fraction of sp³-hybridized carbons (Fsp3) is 0.611. The maximum atomic E-state index is 12.1. The van der Waals surface area contributed by atoms with E-state index in [0.29, 0.717) is 38.5 Å². The summed E-state index contributed by atoms with van der Waals surface area (Å²) in [6.07, 6.45) is 3.42. The van der Waals surface area contributed by atoms with E-state index in [1.165, 1.54) is 0 Å². The number of nitrogens with two attached hydrogens (primary N) is 1. The zero-order chi connectivity index (χ0) is 16.7. The molecule has 5 heteroatoms. The average Bonchev–Trinajstić information content (AvgIpc) is 3.38. The maximum absolute atomic E-state index is 12.1. The second kappa shape index (κ2) is 8.20. The van der Waals surface area contributed by atoms with E-state index in [1.807, 2.05) is 38.1 Å². The summed E-state index contributed by atoms with van der Waals surface area (Å²) in [6, 6.07) is 7.58. The normalized spacial score (nSPS) is 16.5. The number of carbonyl (C=O) groups excluding carboxylic acids is 1. The van der Waals surface area contributed by atoms with Crippen LogP contribution in [0.1, 0.15) is 39.5 Å². The first-order chi connectivity index (χ1) is 11.1. The molecule has 1 saturated carbocycles. The average molecular weight is 320 g/mol.